The van der Waals surface area contributed by atoms with E-state index in [1.165, 1.54) is 51.2 Å². The van der Waals surface area contributed by atoms with E-state index in [-0.39, 0.29) is 22.7 Å². The lowest BCUT2D eigenvalue weighted by Gasteiger charge is -2.07. The van der Waals surface area contributed by atoms with Crippen molar-refractivity contribution in [2.45, 2.75) is 6.92 Å². The van der Waals surface area contributed by atoms with Gasteiger partial charge in [-0.05, 0) is 37.3 Å². The largest absolute Gasteiger partial charge is 0.433 e. The third kappa shape index (κ3) is 4.83. The number of thiazole rings is 1. The number of furan rings is 1. The first-order valence-corrected chi connectivity index (χ1v) is 12.3. The minimum atomic E-state index is -0.659. The molecular formula is C25H19N7O6S. The second-order valence-electron chi connectivity index (χ2n) is 8.22. The van der Waals surface area contributed by atoms with Crippen LogP contribution in [0.3, 0.4) is 0 Å². The molecule has 13 nitrogen and oxygen atoms in total. The smallest absolute Gasteiger partial charge is 0.400 e. The Morgan fingerprint density at radius 1 is 0.974 bits per heavy atom. The summed E-state index contributed by atoms with van der Waals surface area (Å²) in [6, 6.07) is 17.6. The molecule has 0 aliphatic carbocycles. The Morgan fingerprint density at radius 2 is 1.69 bits per heavy atom. The van der Waals surface area contributed by atoms with Crippen molar-refractivity contribution in [1.29, 1.82) is 0 Å². The zero-order chi connectivity index (χ0) is 27.7. The van der Waals surface area contributed by atoms with Crippen molar-refractivity contribution >= 4 is 34.8 Å². The number of nitro groups is 2. The first-order valence-electron chi connectivity index (χ1n) is 11.4. The summed E-state index contributed by atoms with van der Waals surface area (Å²) in [7, 11) is 1.76. The van der Waals surface area contributed by atoms with Gasteiger partial charge in [0.1, 0.15) is 4.92 Å². The van der Waals surface area contributed by atoms with Gasteiger partial charge in [-0.3, -0.25) is 29.7 Å². The molecule has 14 heteroatoms. The van der Waals surface area contributed by atoms with Gasteiger partial charge in [-0.25, -0.2) is 14.4 Å². The molecule has 0 saturated heterocycles. The molecule has 0 spiro atoms. The number of benzene rings is 2. The summed E-state index contributed by atoms with van der Waals surface area (Å²) in [6.45, 7) is 1.78. The molecule has 0 bridgehead atoms. The number of hydrogen-bond acceptors (Lipinski definition) is 9. The van der Waals surface area contributed by atoms with Crippen LogP contribution in [0, 0.1) is 27.2 Å². The Kier molecular flexibility index (Phi) is 6.60. The molecular weight excluding hydrogens is 526 g/mol. The molecule has 196 valence electrons. The standard InChI is InChI=1S/C25H19N7O6S/c1-16-23(24(33)30(28(16)2)18-6-4-3-5-7-18)27-25-29(26-14-20-12-13-22(38-20)32(36)37)21(15-39-25)17-8-10-19(11-9-17)31(34)35/h3-15H,1-2H3. The Bertz CT molecular complexity index is 1860. The number of hydrogen-bond donors (Lipinski definition) is 0. The van der Waals surface area contributed by atoms with E-state index >= 15 is 0 Å². The molecule has 0 N–H and O–H groups in total. The zero-order valence-corrected chi connectivity index (χ0v) is 21.3. The minimum absolute atomic E-state index is 0.0711. The molecule has 0 saturated carbocycles. The maximum atomic E-state index is 13.4. The van der Waals surface area contributed by atoms with E-state index in [2.05, 4.69) is 10.1 Å². The van der Waals surface area contributed by atoms with E-state index < -0.39 is 15.7 Å². The Morgan fingerprint density at radius 3 is 2.33 bits per heavy atom. The summed E-state index contributed by atoms with van der Waals surface area (Å²) >= 11 is 1.20. The van der Waals surface area contributed by atoms with Crippen LogP contribution in [0.5, 0.6) is 0 Å². The van der Waals surface area contributed by atoms with Crippen LogP contribution >= 0.6 is 11.3 Å². The maximum Gasteiger partial charge on any atom is 0.433 e. The summed E-state index contributed by atoms with van der Waals surface area (Å²) < 4.78 is 9.83. The highest BCUT2D eigenvalue weighted by molar-refractivity contribution is 7.07. The Labute approximate surface area is 223 Å². The van der Waals surface area contributed by atoms with Crippen molar-refractivity contribution in [2.24, 2.45) is 17.1 Å². The molecule has 2 aromatic carbocycles. The number of nitrogens with zero attached hydrogens (tertiary/aromatic N) is 7. The highest BCUT2D eigenvalue weighted by Crippen LogP contribution is 2.24. The van der Waals surface area contributed by atoms with E-state index in [0.29, 0.717) is 27.4 Å². The maximum absolute atomic E-state index is 13.4. The minimum Gasteiger partial charge on any atom is -0.400 e. The Balaban J connectivity index is 1.67. The average Bonchev–Trinajstić information content (AvgIpc) is 3.62. The third-order valence-electron chi connectivity index (χ3n) is 5.88. The summed E-state index contributed by atoms with van der Waals surface area (Å²) in [5.41, 5.74) is 2.23. The normalized spacial score (nSPS) is 11.9. The van der Waals surface area contributed by atoms with Crippen molar-refractivity contribution in [3.63, 3.8) is 0 Å². The molecule has 0 radical (unpaired) electrons. The lowest BCUT2D eigenvalue weighted by molar-refractivity contribution is -0.402. The summed E-state index contributed by atoms with van der Waals surface area (Å²) in [5, 5.41) is 28.3. The number of nitro benzene ring substituents is 1. The van der Waals surface area contributed by atoms with E-state index in [4.69, 9.17) is 4.42 Å². The number of aromatic nitrogens is 3. The summed E-state index contributed by atoms with van der Waals surface area (Å²) in [5.74, 6) is -0.308. The molecule has 0 aliphatic heterocycles. The summed E-state index contributed by atoms with van der Waals surface area (Å²) in [4.78, 5) is 39.3. The van der Waals surface area contributed by atoms with E-state index in [1.807, 2.05) is 30.3 Å². The van der Waals surface area contributed by atoms with E-state index in [1.54, 1.807) is 36.2 Å². The van der Waals surface area contributed by atoms with Crippen LogP contribution in [0.15, 0.2) is 91.4 Å². The van der Waals surface area contributed by atoms with Gasteiger partial charge in [0.05, 0.1) is 34.3 Å². The van der Waals surface area contributed by atoms with Gasteiger partial charge in [-0.1, -0.05) is 18.2 Å². The topological polar surface area (TPSA) is 156 Å². The van der Waals surface area contributed by atoms with Gasteiger partial charge < -0.3 is 4.42 Å². The highest BCUT2D eigenvalue weighted by Gasteiger charge is 2.17. The van der Waals surface area contributed by atoms with Gasteiger partial charge in [0.15, 0.2) is 11.4 Å². The first-order chi connectivity index (χ1) is 18.7. The molecule has 3 heterocycles. The van der Waals surface area contributed by atoms with Crippen molar-refractivity contribution in [3.05, 3.63) is 119 Å². The molecule has 0 amide bonds. The van der Waals surface area contributed by atoms with Crippen LogP contribution in [-0.4, -0.2) is 30.1 Å². The lowest BCUT2D eigenvalue weighted by atomic mass is 10.1. The predicted octanol–water partition coefficient (Wildman–Crippen LogP) is 4.54. The first kappa shape index (κ1) is 25.3. The van der Waals surface area contributed by atoms with E-state index in [0.717, 1.165) is 0 Å². The van der Waals surface area contributed by atoms with Crippen molar-refractivity contribution in [3.8, 4) is 16.9 Å². The van der Waals surface area contributed by atoms with Gasteiger partial charge in [0.2, 0.25) is 4.80 Å². The lowest BCUT2D eigenvalue weighted by Crippen LogP contribution is -2.19. The van der Waals surface area contributed by atoms with Gasteiger partial charge in [0.25, 0.3) is 11.2 Å². The van der Waals surface area contributed by atoms with Crippen LogP contribution in [0.25, 0.3) is 16.9 Å². The number of non-ortho nitro benzene ring substituents is 1. The fourth-order valence-corrected chi connectivity index (χ4v) is 4.69. The third-order valence-corrected chi connectivity index (χ3v) is 6.70. The quantitative estimate of drug-likeness (QED) is 0.166. The molecule has 0 aliphatic rings. The van der Waals surface area contributed by atoms with E-state index in [9.17, 15) is 25.0 Å². The molecule has 0 unspecified atom stereocenters. The summed E-state index contributed by atoms with van der Waals surface area (Å²) in [6.07, 6.45) is 1.29. The highest BCUT2D eigenvalue weighted by atomic mass is 32.1. The second-order valence-corrected chi connectivity index (χ2v) is 9.06. The van der Waals surface area contributed by atoms with Crippen LogP contribution in [0.1, 0.15) is 11.5 Å². The average molecular weight is 546 g/mol. The SMILES string of the molecule is Cc1c(N=c2scc(-c3ccc([N+](=O)[O-])cc3)n2N=Cc2ccc([N+](=O)[O-])o2)c(=O)n(-c2ccccc2)n1C. The Hall–Kier alpha value is -5.37. The van der Waals surface area contributed by atoms with Crippen molar-refractivity contribution < 1.29 is 14.3 Å². The predicted molar refractivity (Wildman–Crippen MR) is 144 cm³/mol. The van der Waals surface area contributed by atoms with Gasteiger partial charge in [-0.15, -0.1) is 11.3 Å². The van der Waals surface area contributed by atoms with Gasteiger partial charge in [-0.2, -0.15) is 5.10 Å². The molecule has 0 atom stereocenters. The van der Waals surface area contributed by atoms with Crippen LogP contribution < -0.4 is 10.4 Å². The van der Waals surface area contributed by atoms with Gasteiger partial charge >= 0.3 is 5.88 Å². The van der Waals surface area contributed by atoms with Gasteiger partial charge in [0, 0.05) is 30.1 Å². The monoisotopic (exact) mass is 545 g/mol. The van der Waals surface area contributed by atoms with Crippen molar-refractivity contribution in [2.75, 3.05) is 0 Å². The van der Waals surface area contributed by atoms with Crippen molar-refractivity contribution in [1.82, 2.24) is 14.0 Å². The molecule has 0 fully saturated rings. The zero-order valence-electron chi connectivity index (χ0n) is 20.5. The number of para-hydroxylation sites is 1. The van der Waals surface area contributed by atoms with Crippen LogP contribution in [0.2, 0.25) is 0 Å². The molecule has 5 aromatic rings. The molecule has 3 aromatic heterocycles. The number of rotatable bonds is 7. The fraction of sp³-hybridized carbons (Fsp3) is 0.0800. The van der Waals surface area contributed by atoms with Crippen LogP contribution in [-0.2, 0) is 7.05 Å². The van der Waals surface area contributed by atoms with Crippen LogP contribution in [0.4, 0.5) is 17.3 Å². The molecule has 5 rings (SSSR count). The second kappa shape index (κ2) is 10.2. The fourth-order valence-electron chi connectivity index (χ4n) is 3.84. The molecule has 39 heavy (non-hydrogen) atoms.